The van der Waals surface area contributed by atoms with Crippen LogP contribution in [0.1, 0.15) is 11.1 Å². The summed E-state index contributed by atoms with van der Waals surface area (Å²) in [4.78, 5) is 25.8. The smallest absolute Gasteiger partial charge is 0.268 e. The molecular weight excluding hydrogens is 408 g/mol. The predicted octanol–water partition coefficient (Wildman–Crippen LogP) is 6.02. The SMILES string of the molecule is O=C1S/C(=C/c2cccc(Cl)c2Cl)C(=O)N1Cc1c(F)cccc1Cl. The lowest BCUT2D eigenvalue weighted by atomic mass is 10.2. The molecule has 2 aromatic rings. The number of hydrogen-bond donors (Lipinski definition) is 0. The fraction of sp³-hybridized carbons (Fsp3) is 0.0588. The second-order valence-electron chi connectivity index (χ2n) is 5.11. The van der Waals surface area contributed by atoms with E-state index in [1.807, 2.05) is 0 Å². The van der Waals surface area contributed by atoms with Crippen LogP contribution in [0.3, 0.4) is 0 Å². The number of halogens is 4. The zero-order chi connectivity index (χ0) is 18.1. The molecule has 128 valence electrons. The van der Waals surface area contributed by atoms with Crippen LogP contribution < -0.4 is 0 Å². The van der Waals surface area contributed by atoms with Gasteiger partial charge in [-0.3, -0.25) is 14.5 Å². The summed E-state index contributed by atoms with van der Waals surface area (Å²) in [6.07, 6.45) is 1.49. The van der Waals surface area contributed by atoms with Crippen molar-refractivity contribution in [3.63, 3.8) is 0 Å². The van der Waals surface area contributed by atoms with Gasteiger partial charge in [-0.1, -0.05) is 53.0 Å². The Kier molecular flexibility index (Phi) is 5.39. The maximum Gasteiger partial charge on any atom is 0.293 e. The Morgan fingerprint density at radius 1 is 1.04 bits per heavy atom. The van der Waals surface area contributed by atoms with Crippen LogP contribution in [-0.2, 0) is 11.3 Å². The third kappa shape index (κ3) is 3.70. The van der Waals surface area contributed by atoms with Crippen LogP contribution in [0.15, 0.2) is 41.3 Å². The normalized spacial score (nSPS) is 16.2. The Balaban J connectivity index is 1.90. The highest BCUT2D eigenvalue weighted by Crippen LogP contribution is 2.36. The minimum atomic E-state index is -0.576. The summed E-state index contributed by atoms with van der Waals surface area (Å²) in [5.74, 6) is -1.11. The van der Waals surface area contributed by atoms with Crippen molar-refractivity contribution in [1.29, 1.82) is 0 Å². The van der Waals surface area contributed by atoms with Crippen molar-refractivity contribution in [2.45, 2.75) is 6.54 Å². The molecule has 1 aliphatic heterocycles. The highest BCUT2D eigenvalue weighted by Gasteiger charge is 2.36. The first-order valence-electron chi connectivity index (χ1n) is 7.00. The minimum Gasteiger partial charge on any atom is -0.268 e. The number of rotatable bonds is 3. The Morgan fingerprint density at radius 3 is 2.44 bits per heavy atom. The van der Waals surface area contributed by atoms with E-state index in [0.717, 1.165) is 16.7 Å². The summed E-state index contributed by atoms with van der Waals surface area (Å²) in [5, 5.41) is 0.274. The molecular formula is C17H9Cl3FNO2S. The van der Waals surface area contributed by atoms with Gasteiger partial charge in [0.05, 0.1) is 21.5 Å². The van der Waals surface area contributed by atoms with E-state index in [0.29, 0.717) is 10.6 Å². The average molecular weight is 417 g/mol. The molecule has 0 N–H and O–H groups in total. The first kappa shape index (κ1) is 18.3. The zero-order valence-electron chi connectivity index (χ0n) is 12.4. The summed E-state index contributed by atoms with van der Waals surface area (Å²) < 4.78 is 13.9. The lowest BCUT2D eigenvalue weighted by Gasteiger charge is -2.14. The monoisotopic (exact) mass is 415 g/mol. The molecule has 0 saturated carbocycles. The molecule has 8 heteroatoms. The summed E-state index contributed by atoms with van der Waals surface area (Å²) in [7, 11) is 0. The molecule has 3 rings (SSSR count). The Hall–Kier alpha value is -1.53. The summed E-state index contributed by atoms with van der Waals surface area (Å²) >= 11 is 18.8. The van der Waals surface area contributed by atoms with Crippen LogP contribution >= 0.6 is 46.6 Å². The average Bonchev–Trinajstić information content (AvgIpc) is 2.82. The minimum absolute atomic E-state index is 0.0912. The molecule has 0 bridgehead atoms. The van der Waals surface area contributed by atoms with E-state index in [1.165, 1.54) is 24.3 Å². The van der Waals surface area contributed by atoms with E-state index < -0.39 is 17.0 Å². The molecule has 0 aliphatic carbocycles. The van der Waals surface area contributed by atoms with Gasteiger partial charge in [0.25, 0.3) is 11.1 Å². The van der Waals surface area contributed by atoms with Crippen molar-refractivity contribution in [2.75, 3.05) is 0 Å². The fourth-order valence-corrected chi connectivity index (χ4v) is 3.67. The van der Waals surface area contributed by atoms with Gasteiger partial charge in [-0.15, -0.1) is 0 Å². The highest BCUT2D eigenvalue weighted by molar-refractivity contribution is 8.18. The van der Waals surface area contributed by atoms with Crippen molar-refractivity contribution < 1.29 is 14.0 Å². The first-order valence-corrected chi connectivity index (χ1v) is 8.96. The van der Waals surface area contributed by atoms with Gasteiger partial charge in [-0.25, -0.2) is 4.39 Å². The van der Waals surface area contributed by atoms with Crippen LogP contribution in [0.5, 0.6) is 0 Å². The summed E-state index contributed by atoms with van der Waals surface area (Å²) in [5.41, 5.74) is 0.608. The molecule has 1 fully saturated rings. The predicted molar refractivity (Wildman–Crippen MR) is 99.4 cm³/mol. The topological polar surface area (TPSA) is 37.4 Å². The fourth-order valence-electron chi connectivity index (χ4n) is 2.25. The number of carbonyl (C=O) groups excluding carboxylic acids is 2. The van der Waals surface area contributed by atoms with Crippen molar-refractivity contribution in [3.05, 3.63) is 73.3 Å². The second-order valence-corrected chi connectivity index (χ2v) is 7.30. The number of carbonyl (C=O) groups is 2. The molecule has 2 aromatic carbocycles. The number of benzene rings is 2. The first-order chi connectivity index (χ1) is 11.9. The molecule has 0 spiro atoms. The van der Waals surface area contributed by atoms with E-state index in [1.54, 1.807) is 18.2 Å². The van der Waals surface area contributed by atoms with Crippen LogP contribution in [-0.4, -0.2) is 16.0 Å². The third-order valence-corrected chi connectivity index (χ3v) is 5.61. The Morgan fingerprint density at radius 2 is 1.72 bits per heavy atom. The molecule has 1 aliphatic rings. The van der Waals surface area contributed by atoms with Gasteiger partial charge in [0.1, 0.15) is 5.82 Å². The van der Waals surface area contributed by atoms with E-state index in [2.05, 4.69) is 0 Å². The van der Waals surface area contributed by atoms with E-state index >= 15 is 0 Å². The number of thioether (sulfide) groups is 1. The largest absolute Gasteiger partial charge is 0.293 e. The molecule has 2 amide bonds. The van der Waals surface area contributed by atoms with Gasteiger partial charge in [-0.05, 0) is 41.6 Å². The van der Waals surface area contributed by atoms with E-state index in [4.69, 9.17) is 34.8 Å². The zero-order valence-corrected chi connectivity index (χ0v) is 15.5. The molecule has 25 heavy (non-hydrogen) atoms. The maximum atomic E-state index is 13.9. The third-order valence-electron chi connectivity index (χ3n) is 3.52. The summed E-state index contributed by atoms with van der Waals surface area (Å²) in [6, 6.07) is 9.16. The molecule has 0 radical (unpaired) electrons. The molecule has 1 saturated heterocycles. The van der Waals surface area contributed by atoms with Crippen LogP contribution in [0.2, 0.25) is 15.1 Å². The summed E-state index contributed by atoms with van der Waals surface area (Å²) in [6.45, 7) is -0.239. The van der Waals surface area contributed by atoms with Crippen LogP contribution in [0, 0.1) is 5.82 Å². The standard InChI is InChI=1S/C17H9Cl3FNO2S/c18-11-4-2-6-13(21)10(11)8-22-16(23)14(25-17(22)24)7-9-3-1-5-12(19)15(9)20/h1-7H,8H2/b14-7+. The van der Waals surface area contributed by atoms with Crippen molar-refractivity contribution in [1.82, 2.24) is 4.90 Å². The molecule has 0 unspecified atom stereocenters. The second kappa shape index (κ2) is 7.38. The van der Waals surface area contributed by atoms with Gasteiger partial charge < -0.3 is 0 Å². The van der Waals surface area contributed by atoms with Crippen molar-refractivity contribution in [2.24, 2.45) is 0 Å². The van der Waals surface area contributed by atoms with E-state index in [-0.39, 0.29) is 27.1 Å². The maximum absolute atomic E-state index is 13.9. The van der Waals surface area contributed by atoms with Gasteiger partial charge >= 0.3 is 0 Å². The van der Waals surface area contributed by atoms with Gasteiger partial charge in [-0.2, -0.15) is 0 Å². The number of imide groups is 1. The Bertz CT molecular complexity index is 897. The lowest BCUT2D eigenvalue weighted by molar-refractivity contribution is -0.123. The lowest BCUT2D eigenvalue weighted by Crippen LogP contribution is -2.28. The Labute approximate surface area is 162 Å². The molecule has 0 aromatic heterocycles. The number of nitrogens with zero attached hydrogens (tertiary/aromatic N) is 1. The molecule has 3 nitrogen and oxygen atoms in total. The van der Waals surface area contributed by atoms with Crippen LogP contribution in [0.25, 0.3) is 6.08 Å². The highest BCUT2D eigenvalue weighted by atomic mass is 35.5. The molecule has 1 heterocycles. The van der Waals surface area contributed by atoms with Gasteiger partial charge in [0, 0.05) is 10.6 Å². The van der Waals surface area contributed by atoms with Gasteiger partial charge in [0.2, 0.25) is 0 Å². The number of hydrogen-bond acceptors (Lipinski definition) is 3. The van der Waals surface area contributed by atoms with Crippen molar-refractivity contribution >= 4 is 63.8 Å². The quantitative estimate of drug-likeness (QED) is 0.574. The van der Waals surface area contributed by atoms with Crippen molar-refractivity contribution in [3.8, 4) is 0 Å². The number of amides is 2. The molecule has 0 atom stereocenters. The van der Waals surface area contributed by atoms with Gasteiger partial charge in [0.15, 0.2) is 0 Å². The van der Waals surface area contributed by atoms with Crippen LogP contribution in [0.4, 0.5) is 9.18 Å². The van der Waals surface area contributed by atoms with E-state index in [9.17, 15) is 14.0 Å².